The smallest absolute Gasteiger partial charge is 0.212 e. The number of hydrogen-bond donors (Lipinski definition) is 0. The Morgan fingerprint density at radius 3 is 2.62 bits per heavy atom. The lowest BCUT2D eigenvalue weighted by Crippen LogP contribution is -1.99. The van der Waals surface area contributed by atoms with Crippen LogP contribution in [0.25, 0.3) is 0 Å². The van der Waals surface area contributed by atoms with Gasteiger partial charge in [0, 0.05) is 26.4 Å². The van der Waals surface area contributed by atoms with Crippen LogP contribution in [0.3, 0.4) is 0 Å². The van der Waals surface area contributed by atoms with Crippen molar-refractivity contribution in [3.05, 3.63) is 98.7 Å². The molecule has 10 heteroatoms. The molecule has 0 amide bonds. The van der Waals surface area contributed by atoms with Crippen LogP contribution in [0.2, 0.25) is 15.1 Å². The normalized spacial score (nSPS) is 11.2. The number of ether oxygens (including phenoxy) is 2. The Kier molecular flexibility index (Phi) is 8.34. The summed E-state index contributed by atoms with van der Waals surface area (Å²) in [6, 6.07) is 18.5. The molecule has 0 aliphatic rings. The summed E-state index contributed by atoms with van der Waals surface area (Å²) in [5.74, 6) is 1.82. The van der Waals surface area contributed by atoms with E-state index in [0.29, 0.717) is 32.5 Å². The van der Waals surface area contributed by atoms with Gasteiger partial charge < -0.3 is 9.47 Å². The van der Waals surface area contributed by atoms with E-state index in [1.165, 1.54) is 11.8 Å². The highest BCUT2D eigenvalue weighted by Gasteiger charge is 2.09. The number of benzene rings is 3. The number of nitrogens with zero attached hydrogens (tertiary/aromatic N) is 4. The molecule has 0 unspecified atom stereocenters. The molecule has 0 spiro atoms. The van der Waals surface area contributed by atoms with Gasteiger partial charge in [-0.15, -0.1) is 10.2 Å². The molecule has 6 nitrogen and oxygen atoms in total. The molecule has 0 N–H and O–H groups in total. The summed E-state index contributed by atoms with van der Waals surface area (Å²) >= 11 is 19.9. The number of halogens is 3. The zero-order valence-corrected chi connectivity index (χ0v) is 21.1. The van der Waals surface area contributed by atoms with Gasteiger partial charge in [0.2, 0.25) is 5.16 Å². The number of methoxy groups -OCH3 is 1. The highest BCUT2D eigenvalue weighted by Crippen LogP contribution is 2.30. The first-order valence-electron chi connectivity index (χ1n) is 10.1. The van der Waals surface area contributed by atoms with E-state index in [1.807, 2.05) is 48.5 Å². The third-order valence-electron chi connectivity index (χ3n) is 4.73. The van der Waals surface area contributed by atoms with E-state index < -0.39 is 0 Å². The Morgan fingerprint density at radius 2 is 1.82 bits per heavy atom. The monoisotopic (exact) mass is 532 g/mol. The second kappa shape index (κ2) is 11.6. The van der Waals surface area contributed by atoms with Gasteiger partial charge in [-0.2, -0.15) is 9.78 Å². The maximum Gasteiger partial charge on any atom is 0.212 e. The Hall–Kier alpha value is -2.71. The fourth-order valence-electron chi connectivity index (χ4n) is 2.96. The van der Waals surface area contributed by atoms with Crippen molar-refractivity contribution in [1.29, 1.82) is 0 Å². The second-order valence-corrected chi connectivity index (χ2v) is 9.21. The highest BCUT2D eigenvalue weighted by atomic mass is 35.5. The third-order valence-corrected chi connectivity index (χ3v) is 6.67. The maximum atomic E-state index is 6.24. The van der Waals surface area contributed by atoms with Gasteiger partial charge in [0.25, 0.3) is 0 Å². The Morgan fingerprint density at radius 1 is 0.971 bits per heavy atom. The Labute approximate surface area is 216 Å². The van der Waals surface area contributed by atoms with Crippen molar-refractivity contribution in [2.45, 2.75) is 17.5 Å². The van der Waals surface area contributed by atoms with Crippen molar-refractivity contribution in [2.75, 3.05) is 7.11 Å². The van der Waals surface area contributed by atoms with Crippen LogP contribution in [0, 0.1) is 0 Å². The van der Waals surface area contributed by atoms with Crippen LogP contribution in [0.4, 0.5) is 0 Å². The van der Waals surface area contributed by atoms with Gasteiger partial charge in [0.05, 0.1) is 13.3 Å². The summed E-state index contributed by atoms with van der Waals surface area (Å²) in [5.41, 5.74) is 2.67. The van der Waals surface area contributed by atoms with Crippen molar-refractivity contribution in [3.8, 4) is 11.5 Å². The first-order valence-corrected chi connectivity index (χ1v) is 12.2. The van der Waals surface area contributed by atoms with Gasteiger partial charge in [-0.3, -0.25) is 0 Å². The lowest BCUT2D eigenvalue weighted by Gasteiger charge is -2.12. The van der Waals surface area contributed by atoms with Crippen LogP contribution in [0.1, 0.15) is 16.7 Å². The summed E-state index contributed by atoms with van der Waals surface area (Å²) in [6.45, 7) is 0.284. The van der Waals surface area contributed by atoms with Crippen molar-refractivity contribution in [2.24, 2.45) is 5.10 Å². The molecule has 1 aromatic heterocycles. The summed E-state index contributed by atoms with van der Waals surface area (Å²) < 4.78 is 13.0. The van der Waals surface area contributed by atoms with E-state index >= 15 is 0 Å². The van der Waals surface area contributed by atoms with Gasteiger partial charge in [0.1, 0.15) is 12.9 Å². The molecule has 1 heterocycles. The van der Waals surface area contributed by atoms with Crippen LogP contribution in [0.5, 0.6) is 11.5 Å². The van der Waals surface area contributed by atoms with Crippen LogP contribution in [-0.4, -0.2) is 28.2 Å². The van der Waals surface area contributed by atoms with E-state index in [4.69, 9.17) is 44.3 Å². The molecule has 0 aliphatic heterocycles. The molecule has 0 radical (unpaired) electrons. The predicted molar refractivity (Wildman–Crippen MR) is 138 cm³/mol. The second-order valence-electron chi connectivity index (χ2n) is 7.02. The van der Waals surface area contributed by atoms with Crippen LogP contribution in [0.15, 0.2) is 77.2 Å². The van der Waals surface area contributed by atoms with Crippen molar-refractivity contribution >= 4 is 52.8 Å². The van der Waals surface area contributed by atoms with E-state index in [1.54, 1.807) is 36.5 Å². The molecule has 3 aromatic carbocycles. The van der Waals surface area contributed by atoms with Gasteiger partial charge in [-0.05, 0) is 47.5 Å². The van der Waals surface area contributed by atoms with E-state index in [2.05, 4.69) is 15.3 Å². The largest absolute Gasteiger partial charge is 0.493 e. The number of rotatable bonds is 9. The molecule has 4 aromatic rings. The highest BCUT2D eigenvalue weighted by molar-refractivity contribution is 7.98. The molecule has 0 saturated carbocycles. The Balaban J connectivity index is 1.43. The minimum atomic E-state index is 0.284. The molecular weight excluding hydrogens is 515 g/mol. The van der Waals surface area contributed by atoms with Crippen molar-refractivity contribution < 1.29 is 9.47 Å². The fourth-order valence-corrected chi connectivity index (χ4v) is 4.57. The van der Waals surface area contributed by atoms with Crippen LogP contribution >= 0.6 is 46.6 Å². The van der Waals surface area contributed by atoms with Crippen molar-refractivity contribution in [3.63, 3.8) is 0 Å². The molecule has 34 heavy (non-hydrogen) atoms. The minimum Gasteiger partial charge on any atom is -0.493 e. The molecule has 0 aliphatic carbocycles. The van der Waals surface area contributed by atoms with Crippen LogP contribution < -0.4 is 9.47 Å². The van der Waals surface area contributed by atoms with Gasteiger partial charge >= 0.3 is 0 Å². The van der Waals surface area contributed by atoms with E-state index in [-0.39, 0.29) is 6.61 Å². The summed E-state index contributed by atoms with van der Waals surface area (Å²) in [4.78, 5) is 0. The predicted octanol–water partition coefficient (Wildman–Crippen LogP) is 7.00. The standard InChI is InChI=1S/C24H19Cl3N4O2S/c1-32-23-10-16(6-9-22(23)33-13-17-7-8-19(25)11-21(17)27)12-29-31-15-28-30-24(31)34-14-18-4-2-3-5-20(18)26/h2-12,15H,13-14H2,1H3/b29-12+. The Bertz CT molecular complexity index is 1310. The van der Waals surface area contributed by atoms with Crippen LogP contribution in [-0.2, 0) is 12.4 Å². The maximum absolute atomic E-state index is 6.24. The van der Waals surface area contributed by atoms with Crippen molar-refractivity contribution in [1.82, 2.24) is 14.9 Å². The molecule has 174 valence electrons. The minimum absolute atomic E-state index is 0.284. The lowest BCUT2D eigenvalue weighted by molar-refractivity contribution is 0.284. The average Bonchev–Trinajstić information content (AvgIpc) is 3.29. The topological polar surface area (TPSA) is 61.5 Å². The van der Waals surface area contributed by atoms with E-state index in [0.717, 1.165) is 21.7 Å². The lowest BCUT2D eigenvalue weighted by atomic mass is 10.2. The molecular formula is C24H19Cl3N4O2S. The number of thioether (sulfide) groups is 1. The molecule has 0 atom stereocenters. The zero-order chi connectivity index (χ0) is 23.9. The first kappa shape index (κ1) is 24.4. The first-order chi connectivity index (χ1) is 16.5. The van der Waals surface area contributed by atoms with Gasteiger partial charge in [0.15, 0.2) is 11.5 Å². The zero-order valence-electron chi connectivity index (χ0n) is 18.0. The summed E-state index contributed by atoms with van der Waals surface area (Å²) in [6.07, 6.45) is 3.25. The average molecular weight is 534 g/mol. The number of hydrogen-bond acceptors (Lipinski definition) is 6. The van der Waals surface area contributed by atoms with Gasteiger partial charge in [-0.25, -0.2) is 0 Å². The number of aromatic nitrogens is 3. The third kappa shape index (κ3) is 6.24. The SMILES string of the molecule is COc1cc(/C=N/n2cnnc2SCc2ccccc2Cl)ccc1OCc1ccc(Cl)cc1Cl. The molecule has 0 saturated heterocycles. The van der Waals surface area contributed by atoms with Gasteiger partial charge in [-0.1, -0.05) is 70.8 Å². The molecule has 4 rings (SSSR count). The van der Waals surface area contributed by atoms with E-state index in [9.17, 15) is 0 Å². The molecule has 0 bridgehead atoms. The summed E-state index contributed by atoms with van der Waals surface area (Å²) in [7, 11) is 1.58. The fraction of sp³-hybridized carbons (Fsp3) is 0.125. The quantitative estimate of drug-likeness (QED) is 0.171. The summed E-state index contributed by atoms with van der Waals surface area (Å²) in [5, 5.41) is 15.1. The molecule has 0 fully saturated rings.